The molecule has 0 spiro atoms. The molecule has 1 atom stereocenters. The van der Waals surface area contributed by atoms with Gasteiger partial charge < -0.3 is 15.2 Å². The van der Waals surface area contributed by atoms with Gasteiger partial charge in [0.1, 0.15) is 18.1 Å². The first-order valence-corrected chi connectivity index (χ1v) is 7.43. The van der Waals surface area contributed by atoms with Crippen molar-refractivity contribution >= 4 is 0 Å². The Bertz CT molecular complexity index is 551. The number of hydrogen-bond acceptors (Lipinski definition) is 3. The Morgan fingerprint density at radius 3 is 2.57 bits per heavy atom. The van der Waals surface area contributed by atoms with Gasteiger partial charge in [-0.05, 0) is 55.3 Å². The smallest absolute Gasteiger partial charge is 0.119 e. The lowest BCUT2D eigenvalue weighted by Gasteiger charge is -2.14. The van der Waals surface area contributed by atoms with Gasteiger partial charge >= 0.3 is 0 Å². The number of benzene rings is 2. The average Bonchev–Trinajstić information content (AvgIpc) is 2.51. The van der Waals surface area contributed by atoms with Gasteiger partial charge in [0.05, 0.1) is 0 Å². The normalized spacial score (nSPS) is 12.1. The Kier molecular flexibility index (Phi) is 5.64. The van der Waals surface area contributed by atoms with Crippen LogP contribution in [-0.2, 0) is 6.61 Å². The van der Waals surface area contributed by atoms with E-state index in [0.717, 1.165) is 24.3 Å². The number of phenolic OH excluding ortho intramolecular Hbond substituents is 1. The maximum Gasteiger partial charge on any atom is 0.119 e. The summed E-state index contributed by atoms with van der Waals surface area (Å²) < 4.78 is 5.73. The van der Waals surface area contributed by atoms with Crippen LogP contribution in [0.5, 0.6) is 11.5 Å². The summed E-state index contributed by atoms with van der Waals surface area (Å²) in [6, 6.07) is 15.6. The van der Waals surface area contributed by atoms with Gasteiger partial charge in [0.15, 0.2) is 0 Å². The van der Waals surface area contributed by atoms with E-state index >= 15 is 0 Å². The summed E-state index contributed by atoms with van der Waals surface area (Å²) in [4.78, 5) is 0. The van der Waals surface area contributed by atoms with E-state index in [1.807, 2.05) is 24.3 Å². The highest BCUT2D eigenvalue weighted by Crippen LogP contribution is 2.19. The molecule has 2 rings (SSSR count). The number of phenols is 1. The van der Waals surface area contributed by atoms with Gasteiger partial charge in [0.25, 0.3) is 0 Å². The first-order chi connectivity index (χ1) is 10.2. The summed E-state index contributed by atoms with van der Waals surface area (Å²) >= 11 is 0. The third-order valence-electron chi connectivity index (χ3n) is 3.40. The fraction of sp³-hybridized carbons (Fsp3) is 0.333. The molecule has 0 saturated heterocycles. The Morgan fingerprint density at radius 2 is 1.90 bits per heavy atom. The van der Waals surface area contributed by atoms with Crippen molar-refractivity contribution in [3.63, 3.8) is 0 Å². The molecule has 0 aromatic heterocycles. The maximum atomic E-state index is 9.42. The molecule has 0 aliphatic heterocycles. The molecular weight excluding hydrogens is 262 g/mol. The second-order valence-corrected chi connectivity index (χ2v) is 5.20. The molecule has 3 nitrogen and oxygen atoms in total. The second kappa shape index (κ2) is 7.70. The fourth-order valence-electron chi connectivity index (χ4n) is 2.14. The molecule has 0 aliphatic rings. The minimum atomic E-state index is 0.266. The molecular formula is C18H23NO2. The van der Waals surface area contributed by atoms with Crippen molar-refractivity contribution in [3.8, 4) is 11.5 Å². The van der Waals surface area contributed by atoms with E-state index in [9.17, 15) is 5.11 Å². The highest BCUT2D eigenvalue weighted by molar-refractivity contribution is 5.30. The minimum absolute atomic E-state index is 0.266. The second-order valence-electron chi connectivity index (χ2n) is 5.20. The lowest BCUT2D eigenvalue weighted by atomic mass is 10.1. The molecule has 3 heteroatoms. The van der Waals surface area contributed by atoms with Crippen LogP contribution in [0.1, 0.15) is 37.4 Å². The molecule has 0 saturated carbocycles. The van der Waals surface area contributed by atoms with Crippen LogP contribution in [0, 0.1) is 0 Å². The van der Waals surface area contributed by atoms with Crippen LogP contribution in [0.25, 0.3) is 0 Å². The highest BCUT2D eigenvalue weighted by atomic mass is 16.5. The van der Waals surface area contributed by atoms with Crippen molar-refractivity contribution < 1.29 is 9.84 Å². The summed E-state index contributed by atoms with van der Waals surface area (Å²) in [6.45, 7) is 5.81. The van der Waals surface area contributed by atoms with E-state index in [4.69, 9.17) is 4.74 Å². The fourth-order valence-corrected chi connectivity index (χ4v) is 2.14. The van der Waals surface area contributed by atoms with Crippen LogP contribution in [0.3, 0.4) is 0 Å². The van der Waals surface area contributed by atoms with Gasteiger partial charge in [-0.1, -0.05) is 31.2 Å². The number of aromatic hydroxyl groups is 1. The monoisotopic (exact) mass is 285 g/mol. The molecule has 2 aromatic rings. The predicted molar refractivity (Wildman–Crippen MR) is 85.6 cm³/mol. The van der Waals surface area contributed by atoms with Gasteiger partial charge in [0, 0.05) is 6.04 Å². The molecule has 0 heterocycles. The van der Waals surface area contributed by atoms with Crippen LogP contribution in [0.4, 0.5) is 0 Å². The third-order valence-corrected chi connectivity index (χ3v) is 3.40. The van der Waals surface area contributed by atoms with Gasteiger partial charge in [-0.25, -0.2) is 0 Å². The van der Waals surface area contributed by atoms with Crippen molar-refractivity contribution in [1.29, 1.82) is 0 Å². The molecule has 0 radical (unpaired) electrons. The van der Waals surface area contributed by atoms with E-state index in [1.165, 1.54) is 5.56 Å². The zero-order valence-electron chi connectivity index (χ0n) is 12.7. The first-order valence-electron chi connectivity index (χ1n) is 7.43. The Morgan fingerprint density at radius 1 is 1.14 bits per heavy atom. The van der Waals surface area contributed by atoms with E-state index in [2.05, 4.69) is 31.3 Å². The molecule has 2 N–H and O–H groups in total. The molecule has 2 aromatic carbocycles. The zero-order chi connectivity index (χ0) is 15.1. The molecule has 21 heavy (non-hydrogen) atoms. The van der Waals surface area contributed by atoms with Crippen LogP contribution in [-0.4, -0.2) is 11.7 Å². The molecule has 0 amide bonds. The van der Waals surface area contributed by atoms with E-state index < -0.39 is 0 Å². The largest absolute Gasteiger partial charge is 0.508 e. The zero-order valence-corrected chi connectivity index (χ0v) is 12.7. The van der Waals surface area contributed by atoms with E-state index in [1.54, 1.807) is 12.1 Å². The summed E-state index contributed by atoms with van der Waals surface area (Å²) in [5.41, 5.74) is 2.21. The molecule has 0 aliphatic carbocycles. The summed E-state index contributed by atoms with van der Waals surface area (Å²) in [6.07, 6.45) is 1.13. The van der Waals surface area contributed by atoms with Crippen LogP contribution >= 0.6 is 0 Å². The van der Waals surface area contributed by atoms with E-state index in [-0.39, 0.29) is 5.75 Å². The minimum Gasteiger partial charge on any atom is -0.508 e. The lowest BCUT2D eigenvalue weighted by molar-refractivity contribution is 0.305. The molecule has 1 unspecified atom stereocenters. The number of rotatable bonds is 7. The Balaban J connectivity index is 1.90. The van der Waals surface area contributed by atoms with Gasteiger partial charge in [-0.2, -0.15) is 0 Å². The topological polar surface area (TPSA) is 41.5 Å². The standard InChI is InChI=1S/C18H23NO2/c1-3-11-19-14(2)16-7-9-18(10-8-16)21-13-15-5-4-6-17(20)12-15/h4-10,12,14,19-20H,3,11,13H2,1-2H3. The van der Waals surface area contributed by atoms with Crippen molar-refractivity contribution in [2.75, 3.05) is 6.54 Å². The van der Waals surface area contributed by atoms with Gasteiger partial charge in [0.2, 0.25) is 0 Å². The summed E-state index contributed by atoms with van der Waals surface area (Å²) in [5.74, 6) is 1.10. The highest BCUT2D eigenvalue weighted by Gasteiger charge is 2.04. The number of hydrogen-bond donors (Lipinski definition) is 2. The van der Waals surface area contributed by atoms with Gasteiger partial charge in [-0.15, -0.1) is 0 Å². The number of ether oxygens (including phenoxy) is 1. The summed E-state index contributed by atoms with van der Waals surface area (Å²) in [7, 11) is 0. The average molecular weight is 285 g/mol. The maximum absolute atomic E-state index is 9.42. The Hall–Kier alpha value is -2.00. The van der Waals surface area contributed by atoms with Crippen LogP contribution < -0.4 is 10.1 Å². The van der Waals surface area contributed by atoms with E-state index in [0.29, 0.717) is 12.6 Å². The molecule has 0 bridgehead atoms. The predicted octanol–water partition coefficient (Wildman–Crippen LogP) is 4.03. The van der Waals surface area contributed by atoms with Gasteiger partial charge in [-0.3, -0.25) is 0 Å². The van der Waals surface area contributed by atoms with Crippen molar-refractivity contribution in [1.82, 2.24) is 5.32 Å². The quantitative estimate of drug-likeness (QED) is 0.807. The van der Waals surface area contributed by atoms with Crippen molar-refractivity contribution in [2.24, 2.45) is 0 Å². The summed E-state index contributed by atoms with van der Waals surface area (Å²) in [5, 5.41) is 12.9. The molecule has 0 fully saturated rings. The Labute approximate surface area is 126 Å². The third kappa shape index (κ3) is 4.80. The van der Waals surface area contributed by atoms with Crippen molar-refractivity contribution in [2.45, 2.75) is 32.9 Å². The van der Waals surface area contributed by atoms with Crippen molar-refractivity contribution in [3.05, 3.63) is 59.7 Å². The van der Waals surface area contributed by atoms with Crippen LogP contribution in [0.15, 0.2) is 48.5 Å². The molecule has 112 valence electrons. The SMILES string of the molecule is CCCNC(C)c1ccc(OCc2cccc(O)c2)cc1. The first kappa shape index (κ1) is 15.4. The lowest BCUT2D eigenvalue weighted by Crippen LogP contribution is -2.19. The number of nitrogens with one attached hydrogen (secondary N) is 1. The van der Waals surface area contributed by atoms with Crippen LogP contribution in [0.2, 0.25) is 0 Å².